The summed E-state index contributed by atoms with van der Waals surface area (Å²) >= 11 is 0. The first kappa shape index (κ1) is 16.0. The molecule has 0 aromatic heterocycles. The Balaban J connectivity index is 1.82. The molecule has 1 fully saturated rings. The standard InChI is InChI=1S/C20H31NO/c1-14(2)18-8-16-6-7-21(11-20(5)12-22-13-20)10-17(16)9-19(18)15(3)4/h8-9,14-15H,6-7,10-13H2,1-5H3. The Morgan fingerprint density at radius 1 is 1.05 bits per heavy atom. The zero-order chi connectivity index (χ0) is 15.9. The van der Waals surface area contributed by atoms with Gasteiger partial charge in [0.1, 0.15) is 0 Å². The summed E-state index contributed by atoms with van der Waals surface area (Å²) in [6.07, 6.45) is 1.20. The van der Waals surface area contributed by atoms with Crippen molar-refractivity contribution in [3.8, 4) is 0 Å². The normalized spacial score (nSPS) is 21.0. The number of benzene rings is 1. The number of hydrogen-bond donors (Lipinski definition) is 0. The van der Waals surface area contributed by atoms with Crippen LogP contribution >= 0.6 is 0 Å². The highest BCUT2D eigenvalue weighted by atomic mass is 16.5. The molecule has 0 bridgehead atoms. The lowest BCUT2D eigenvalue weighted by Crippen LogP contribution is -2.49. The minimum atomic E-state index is 0.385. The molecule has 22 heavy (non-hydrogen) atoms. The van der Waals surface area contributed by atoms with Gasteiger partial charge in [-0.3, -0.25) is 4.90 Å². The van der Waals surface area contributed by atoms with Crippen LogP contribution in [0.3, 0.4) is 0 Å². The number of nitrogens with zero attached hydrogens (tertiary/aromatic N) is 1. The van der Waals surface area contributed by atoms with Crippen molar-refractivity contribution in [1.82, 2.24) is 4.90 Å². The lowest BCUT2D eigenvalue weighted by atomic mass is 9.83. The van der Waals surface area contributed by atoms with Gasteiger partial charge in [0.15, 0.2) is 0 Å². The van der Waals surface area contributed by atoms with Crippen LogP contribution in [0.4, 0.5) is 0 Å². The van der Waals surface area contributed by atoms with Gasteiger partial charge >= 0.3 is 0 Å². The van der Waals surface area contributed by atoms with Crippen molar-refractivity contribution in [3.05, 3.63) is 34.4 Å². The molecule has 3 rings (SSSR count). The van der Waals surface area contributed by atoms with E-state index in [-0.39, 0.29) is 0 Å². The van der Waals surface area contributed by atoms with Crippen molar-refractivity contribution in [1.29, 1.82) is 0 Å². The van der Waals surface area contributed by atoms with Crippen molar-refractivity contribution in [2.45, 2.75) is 59.4 Å². The van der Waals surface area contributed by atoms with Crippen molar-refractivity contribution >= 4 is 0 Å². The van der Waals surface area contributed by atoms with E-state index in [4.69, 9.17) is 4.74 Å². The van der Waals surface area contributed by atoms with Crippen LogP contribution in [-0.4, -0.2) is 31.2 Å². The van der Waals surface area contributed by atoms with Crippen LogP contribution in [-0.2, 0) is 17.7 Å². The monoisotopic (exact) mass is 301 g/mol. The van der Waals surface area contributed by atoms with Crippen molar-refractivity contribution in [2.24, 2.45) is 5.41 Å². The van der Waals surface area contributed by atoms with Crippen LogP contribution in [0.5, 0.6) is 0 Å². The number of rotatable bonds is 4. The number of ether oxygens (including phenoxy) is 1. The Kier molecular flexibility index (Phi) is 4.35. The van der Waals surface area contributed by atoms with E-state index in [0.29, 0.717) is 17.3 Å². The molecule has 1 aromatic carbocycles. The number of fused-ring (bicyclic) bond motifs is 1. The molecule has 0 atom stereocenters. The molecular formula is C20H31NO. The van der Waals surface area contributed by atoms with Gasteiger partial charge in [0.05, 0.1) is 13.2 Å². The van der Waals surface area contributed by atoms with Crippen molar-refractivity contribution in [3.63, 3.8) is 0 Å². The second kappa shape index (κ2) is 5.98. The lowest BCUT2D eigenvalue weighted by molar-refractivity contribution is -0.116. The van der Waals surface area contributed by atoms with Crippen LogP contribution in [0.1, 0.15) is 68.7 Å². The minimum Gasteiger partial charge on any atom is -0.380 e. The fourth-order valence-corrected chi connectivity index (χ4v) is 3.92. The average molecular weight is 301 g/mol. The van der Waals surface area contributed by atoms with Crippen LogP contribution in [0.15, 0.2) is 12.1 Å². The fraction of sp³-hybridized carbons (Fsp3) is 0.700. The van der Waals surface area contributed by atoms with E-state index in [1.54, 1.807) is 22.3 Å². The third-order valence-electron chi connectivity index (χ3n) is 5.25. The van der Waals surface area contributed by atoms with Gasteiger partial charge in [0, 0.05) is 25.0 Å². The van der Waals surface area contributed by atoms with E-state index < -0.39 is 0 Å². The van der Waals surface area contributed by atoms with Gasteiger partial charge in [-0.2, -0.15) is 0 Å². The quantitative estimate of drug-likeness (QED) is 0.821. The molecule has 122 valence electrons. The maximum Gasteiger partial charge on any atom is 0.0554 e. The summed E-state index contributed by atoms with van der Waals surface area (Å²) in [7, 11) is 0. The zero-order valence-corrected chi connectivity index (χ0v) is 14.9. The Hall–Kier alpha value is -0.860. The minimum absolute atomic E-state index is 0.385. The molecular weight excluding hydrogens is 270 g/mol. The van der Waals surface area contributed by atoms with Gasteiger partial charge in [-0.25, -0.2) is 0 Å². The Labute approximate surface area is 135 Å². The van der Waals surface area contributed by atoms with Gasteiger partial charge in [-0.15, -0.1) is 0 Å². The molecule has 1 aromatic rings. The average Bonchev–Trinajstić information content (AvgIpc) is 2.43. The van der Waals surface area contributed by atoms with Crippen molar-refractivity contribution < 1.29 is 4.74 Å². The first-order valence-corrected chi connectivity index (χ1v) is 8.84. The van der Waals surface area contributed by atoms with Crippen LogP contribution in [0.2, 0.25) is 0 Å². The SMILES string of the molecule is CC(C)c1cc2c(cc1C(C)C)CN(CC1(C)COC1)CC2. The summed E-state index contributed by atoms with van der Waals surface area (Å²) in [6.45, 7) is 17.0. The van der Waals surface area contributed by atoms with Crippen LogP contribution in [0, 0.1) is 5.41 Å². The zero-order valence-electron chi connectivity index (χ0n) is 14.9. The second-order valence-corrected chi connectivity index (χ2v) is 8.32. The predicted octanol–water partition coefficient (Wildman–Crippen LogP) is 4.33. The van der Waals surface area contributed by atoms with E-state index in [1.807, 2.05) is 0 Å². The molecule has 0 saturated carbocycles. The highest BCUT2D eigenvalue weighted by molar-refractivity contribution is 5.42. The molecule has 2 nitrogen and oxygen atoms in total. The molecule has 1 saturated heterocycles. The molecule has 0 N–H and O–H groups in total. The van der Waals surface area contributed by atoms with E-state index in [0.717, 1.165) is 19.8 Å². The van der Waals surface area contributed by atoms with Crippen LogP contribution < -0.4 is 0 Å². The van der Waals surface area contributed by atoms with Crippen LogP contribution in [0.25, 0.3) is 0 Å². The summed E-state index contributed by atoms with van der Waals surface area (Å²) in [5.74, 6) is 1.22. The first-order valence-electron chi connectivity index (χ1n) is 8.84. The Morgan fingerprint density at radius 2 is 1.64 bits per heavy atom. The molecule has 0 aliphatic carbocycles. The van der Waals surface area contributed by atoms with Gasteiger partial charge in [0.25, 0.3) is 0 Å². The molecule has 0 radical (unpaired) electrons. The Morgan fingerprint density at radius 3 is 2.14 bits per heavy atom. The Bertz CT molecular complexity index is 543. The van der Waals surface area contributed by atoms with Gasteiger partial charge in [0.2, 0.25) is 0 Å². The summed E-state index contributed by atoms with van der Waals surface area (Å²) in [5, 5.41) is 0. The predicted molar refractivity (Wildman–Crippen MR) is 92.5 cm³/mol. The molecule has 0 amide bonds. The number of hydrogen-bond acceptors (Lipinski definition) is 2. The first-order chi connectivity index (χ1) is 10.4. The van der Waals surface area contributed by atoms with Gasteiger partial charge in [-0.05, 0) is 40.5 Å². The lowest BCUT2D eigenvalue weighted by Gasteiger charge is -2.43. The maximum absolute atomic E-state index is 5.41. The molecule has 2 aliphatic heterocycles. The molecule has 2 heteroatoms. The molecule has 2 aliphatic rings. The second-order valence-electron chi connectivity index (χ2n) is 8.32. The van der Waals surface area contributed by atoms with E-state index in [9.17, 15) is 0 Å². The third kappa shape index (κ3) is 3.09. The van der Waals surface area contributed by atoms with Gasteiger partial charge in [-0.1, -0.05) is 46.8 Å². The summed E-state index contributed by atoms with van der Waals surface area (Å²) < 4.78 is 5.41. The molecule has 0 spiro atoms. The topological polar surface area (TPSA) is 12.5 Å². The highest BCUT2D eigenvalue weighted by Crippen LogP contribution is 2.34. The molecule has 0 unspecified atom stereocenters. The summed E-state index contributed by atoms with van der Waals surface area (Å²) in [5.41, 5.74) is 6.63. The maximum atomic E-state index is 5.41. The highest BCUT2D eigenvalue weighted by Gasteiger charge is 2.36. The fourth-order valence-electron chi connectivity index (χ4n) is 3.92. The summed E-state index contributed by atoms with van der Waals surface area (Å²) in [6, 6.07) is 5.00. The van der Waals surface area contributed by atoms with E-state index >= 15 is 0 Å². The van der Waals surface area contributed by atoms with E-state index in [1.165, 1.54) is 19.5 Å². The molecule has 2 heterocycles. The smallest absolute Gasteiger partial charge is 0.0554 e. The third-order valence-corrected chi connectivity index (χ3v) is 5.25. The largest absolute Gasteiger partial charge is 0.380 e. The van der Waals surface area contributed by atoms with E-state index in [2.05, 4.69) is 51.7 Å². The summed E-state index contributed by atoms with van der Waals surface area (Å²) in [4.78, 5) is 2.63. The van der Waals surface area contributed by atoms with Gasteiger partial charge < -0.3 is 4.74 Å². The van der Waals surface area contributed by atoms with Crippen molar-refractivity contribution in [2.75, 3.05) is 26.3 Å².